The summed E-state index contributed by atoms with van der Waals surface area (Å²) in [5, 5.41) is 13.9. The Morgan fingerprint density at radius 3 is 2.68 bits per heavy atom. The van der Waals surface area contributed by atoms with Crippen molar-refractivity contribution in [3.63, 3.8) is 0 Å². The van der Waals surface area contributed by atoms with Gasteiger partial charge in [0.25, 0.3) is 0 Å². The predicted molar refractivity (Wildman–Crippen MR) is 93.1 cm³/mol. The van der Waals surface area contributed by atoms with Crippen molar-refractivity contribution >= 4 is 17.7 Å². The molecule has 1 aliphatic carbocycles. The number of rotatable bonds is 8. The average molecular weight is 321 g/mol. The van der Waals surface area contributed by atoms with Crippen LogP contribution in [0.3, 0.4) is 0 Å². The van der Waals surface area contributed by atoms with Crippen molar-refractivity contribution in [1.29, 1.82) is 0 Å². The fourth-order valence-electron chi connectivity index (χ4n) is 2.74. The Morgan fingerprint density at radius 2 is 2.00 bits per heavy atom. The van der Waals surface area contributed by atoms with E-state index >= 15 is 0 Å². The van der Waals surface area contributed by atoms with Gasteiger partial charge >= 0.3 is 0 Å². The van der Waals surface area contributed by atoms with E-state index in [0.29, 0.717) is 24.0 Å². The number of hydrogen-bond acceptors (Lipinski definition) is 3. The van der Waals surface area contributed by atoms with Crippen molar-refractivity contribution in [2.24, 2.45) is 0 Å². The van der Waals surface area contributed by atoms with Gasteiger partial charge in [0.2, 0.25) is 5.91 Å². The minimum Gasteiger partial charge on any atom is -0.388 e. The van der Waals surface area contributed by atoms with Gasteiger partial charge in [0.1, 0.15) is 0 Å². The second-order valence-corrected chi connectivity index (χ2v) is 7.77. The van der Waals surface area contributed by atoms with Gasteiger partial charge in [-0.1, -0.05) is 43.2 Å². The summed E-state index contributed by atoms with van der Waals surface area (Å²) in [6.07, 6.45) is 6.55. The molecule has 0 aromatic heterocycles. The number of hydrogen-bond donors (Lipinski definition) is 2. The summed E-state index contributed by atoms with van der Waals surface area (Å²) in [6, 6.07) is 10.1. The first kappa shape index (κ1) is 17.4. The number of carbonyl (C=O) groups excluding carboxylic acids is 1. The Balaban J connectivity index is 1.64. The molecule has 22 heavy (non-hydrogen) atoms. The van der Waals surface area contributed by atoms with Crippen LogP contribution < -0.4 is 5.32 Å². The van der Waals surface area contributed by atoms with E-state index in [1.807, 2.05) is 18.2 Å². The fraction of sp³-hybridized carbons (Fsp3) is 0.611. The lowest BCUT2D eigenvalue weighted by atomic mass is 9.97. The highest BCUT2D eigenvalue weighted by Crippen LogP contribution is 2.29. The molecule has 1 aromatic rings. The van der Waals surface area contributed by atoms with Gasteiger partial charge in [-0.15, -0.1) is 11.8 Å². The van der Waals surface area contributed by atoms with E-state index in [2.05, 4.69) is 17.4 Å². The van der Waals surface area contributed by atoms with E-state index in [1.165, 1.54) is 31.2 Å². The first-order valence-corrected chi connectivity index (χ1v) is 9.25. The van der Waals surface area contributed by atoms with Crippen LogP contribution in [0.15, 0.2) is 30.3 Å². The number of nitrogens with one attached hydrogen (secondary N) is 1. The van der Waals surface area contributed by atoms with Gasteiger partial charge in [0.05, 0.1) is 11.4 Å². The molecule has 2 N–H and O–H groups in total. The molecule has 0 unspecified atom stereocenters. The van der Waals surface area contributed by atoms with Crippen molar-refractivity contribution in [2.75, 3.05) is 12.3 Å². The lowest BCUT2D eigenvalue weighted by molar-refractivity contribution is -0.119. The SMILES string of the molecule is C[C@@](O)(CCc1ccccc1)CNC(=O)CSC1CCCC1. The van der Waals surface area contributed by atoms with Crippen molar-refractivity contribution in [3.05, 3.63) is 35.9 Å². The highest BCUT2D eigenvalue weighted by Gasteiger charge is 2.22. The van der Waals surface area contributed by atoms with E-state index in [9.17, 15) is 9.90 Å². The first-order valence-electron chi connectivity index (χ1n) is 8.20. The van der Waals surface area contributed by atoms with Crippen LogP contribution in [0.2, 0.25) is 0 Å². The molecular weight excluding hydrogens is 294 g/mol. The average Bonchev–Trinajstić information content (AvgIpc) is 3.04. The molecule has 0 bridgehead atoms. The molecule has 1 saturated carbocycles. The van der Waals surface area contributed by atoms with Crippen molar-refractivity contribution < 1.29 is 9.90 Å². The molecule has 3 nitrogen and oxygen atoms in total. The molecule has 2 rings (SSSR count). The standard InChI is InChI=1S/C18H27NO2S/c1-18(21,12-11-15-7-3-2-4-8-15)14-19-17(20)13-22-16-9-5-6-10-16/h2-4,7-8,16,21H,5-6,9-14H2,1H3,(H,19,20)/t18-/m1/s1. The summed E-state index contributed by atoms with van der Waals surface area (Å²) in [4.78, 5) is 11.9. The Kier molecular flexibility index (Phi) is 6.77. The maximum Gasteiger partial charge on any atom is 0.230 e. The first-order chi connectivity index (χ1) is 10.6. The summed E-state index contributed by atoms with van der Waals surface area (Å²) < 4.78 is 0. The summed E-state index contributed by atoms with van der Waals surface area (Å²) in [5.74, 6) is 0.552. The molecule has 4 heteroatoms. The molecule has 122 valence electrons. The van der Waals surface area contributed by atoms with Crippen molar-refractivity contribution in [2.45, 2.75) is 56.3 Å². The molecule has 1 aromatic carbocycles. The molecule has 1 aliphatic rings. The van der Waals surface area contributed by atoms with E-state index in [0.717, 1.165) is 6.42 Å². The molecule has 0 saturated heterocycles. The topological polar surface area (TPSA) is 49.3 Å². The minimum atomic E-state index is -0.858. The molecule has 0 spiro atoms. The van der Waals surface area contributed by atoms with Crippen LogP contribution in [-0.2, 0) is 11.2 Å². The monoisotopic (exact) mass is 321 g/mol. The zero-order valence-electron chi connectivity index (χ0n) is 13.4. The fourth-order valence-corrected chi connectivity index (χ4v) is 3.89. The summed E-state index contributed by atoms with van der Waals surface area (Å²) in [5.41, 5.74) is 0.356. The Labute approximate surface area is 137 Å². The van der Waals surface area contributed by atoms with E-state index in [4.69, 9.17) is 0 Å². The molecule has 1 fully saturated rings. The Morgan fingerprint density at radius 1 is 1.32 bits per heavy atom. The largest absolute Gasteiger partial charge is 0.388 e. The number of aliphatic hydroxyl groups is 1. The van der Waals surface area contributed by atoms with Crippen LogP contribution in [0.25, 0.3) is 0 Å². The molecular formula is C18H27NO2S. The highest BCUT2D eigenvalue weighted by atomic mass is 32.2. The quantitative estimate of drug-likeness (QED) is 0.773. The second kappa shape index (κ2) is 8.59. The smallest absolute Gasteiger partial charge is 0.230 e. The molecule has 0 radical (unpaired) electrons. The van der Waals surface area contributed by atoms with Crippen molar-refractivity contribution in [3.8, 4) is 0 Å². The van der Waals surface area contributed by atoms with Crippen LogP contribution in [0.1, 0.15) is 44.6 Å². The zero-order valence-corrected chi connectivity index (χ0v) is 14.2. The second-order valence-electron chi connectivity index (χ2n) is 6.48. The van der Waals surface area contributed by atoms with Gasteiger partial charge in [0, 0.05) is 11.8 Å². The third kappa shape index (κ3) is 6.41. The van der Waals surface area contributed by atoms with Crippen LogP contribution in [-0.4, -0.2) is 34.2 Å². The molecule has 0 aliphatic heterocycles. The van der Waals surface area contributed by atoms with Gasteiger partial charge in [-0.25, -0.2) is 0 Å². The maximum absolute atomic E-state index is 11.9. The van der Waals surface area contributed by atoms with Crippen LogP contribution in [0.4, 0.5) is 0 Å². The van der Waals surface area contributed by atoms with E-state index in [-0.39, 0.29) is 5.91 Å². The summed E-state index contributed by atoms with van der Waals surface area (Å²) >= 11 is 1.76. The molecule has 1 atom stereocenters. The maximum atomic E-state index is 11.9. The van der Waals surface area contributed by atoms with E-state index < -0.39 is 5.60 Å². The van der Waals surface area contributed by atoms with Gasteiger partial charge in [0.15, 0.2) is 0 Å². The lowest BCUT2D eigenvalue weighted by Gasteiger charge is -2.24. The van der Waals surface area contributed by atoms with Crippen molar-refractivity contribution in [1.82, 2.24) is 5.32 Å². The minimum absolute atomic E-state index is 0.0388. The summed E-state index contributed by atoms with van der Waals surface area (Å²) in [7, 11) is 0. The number of carbonyl (C=O) groups is 1. The normalized spacial score (nSPS) is 18.1. The predicted octanol–water partition coefficient (Wildman–Crippen LogP) is 3.16. The molecule has 1 amide bonds. The van der Waals surface area contributed by atoms with Crippen LogP contribution in [0, 0.1) is 0 Å². The Bertz CT molecular complexity index is 455. The van der Waals surface area contributed by atoms with Crippen LogP contribution in [0.5, 0.6) is 0 Å². The number of aryl methyl sites for hydroxylation is 1. The molecule has 0 heterocycles. The van der Waals surface area contributed by atoms with E-state index in [1.54, 1.807) is 18.7 Å². The lowest BCUT2D eigenvalue weighted by Crippen LogP contribution is -2.41. The summed E-state index contributed by atoms with van der Waals surface area (Å²) in [6.45, 7) is 2.12. The number of benzene rings is 1. The van der Waals surface area contributed by atoms with Gasteiger partial charge in [-0.2, -0.15) is 0 Å². The zero-order chi connectivity index (χ0) is 15.8. The Hall–Kier alpha value is -1.000. The van der Waals surface area contributed by atoms with Gasteiger partial charge < -0.3 is 10.4 Å². The highest BCUT2D eigenvalue weighted by molar-refractivity contribution is 8.00. The van der Waals surface area contributed by atoms with Gasteiger partial charge in [-0.3, -0.25) is 4.79 Å². The number of thioether (sulfide) groups is 1. The van der Waals surface area contributed by atoms with Crippen LogP contribution >= 0.6 is 11.8 Å². The van der Waals surface area contributed by atoms with Gasteiger partial charge in [-0.05, 0) is 38.2 Å². The third-order valence-electron chi connectivity index (χ3n) is 4.21. The number of amides is 1. The third-order valence-corrected chi connectivity index (χ3v) is 5.59.